The number of hydrogen-bond acceptors (Lipinski definition) is 7. The van der Waals surface area contributed by atoms with E-state index < -0.39 is 0 Å². The Labute approximate surface area is 165 Å². The summed E-state index contributed by atoms with van der Waals surface area (Å²) in [4.78, 5) is 22.1. The van der Waals surface area contributed by atoms with Gasteiger partial charge in [-0.25, -0.2) is 19.3 Å². The van der Waals surface area contributed by atoms with Crippen LogP contribution >= 0.6 is 0 Å². The van der Waals surface area contributed by atoms with E-state index in [1.165, 1.54) is 6.33 Å². The van der Waals surface area contributed by atoms with Crippen molar-refractivity contribution in [2.75, 3.05) is 29.9 Å². The maximum Gasteiger partial charge on any atom is 0.162 e. The van der Waals surface area contributed by atoms with Gasteiger partial charge in [0.2, 0.25) is 0 Å². The molecule has 5 rings (SSSR count). The fourth-order valence-corrected chi connectivity index (χ4v) is 3.94. The Bertz CT molecular complexity index is 1180. The van der Waals surface area contributed by atoms with E-state index in [9.17, 15) is 9.50 Å². The Kier molecular flexibility index (Phi) is 4.44. The number of benzene rings is 1. The summed E-state index contributed by atoms with van der Waals surface area (Å²) >= 11 is 0. The average Bonchev–Trinajstić information content (AvgIpc) is 3.38. The van der Waals surface area contributed by atoms with Crippen molar-refractivity contribution in [2.45, 2.75) is 18.9 Å². The predicted molar refractivity (Wildman–Crippen MR) is 108 cm³/mol. The van der Waals surface area contributed by atoms with Crippen molar-refractivity contribution in [3.8, 4) is 0 Å². The van der Waals surface area contributed by atoms with Crippen molar-refractivity contribution in [3.05, 3.63) is 48.4 Å². The Morgan fingerprint density at radius 1 is 1.24 bits per heavy atom. The van der Waals surface area contributed by atoms with E-state index >= 15 is 0 Å². The van der Waals surface area contributed by atoms with Crippen molar-refractivity contribution in [2.24, 2.45) is 0 Å². The van der Waals surface area contributed by atoms with Gasteiger partial charge in [0.1, 0.15) is 17.7 Å². The van der Waals surface area contributed by atoms with Gasteiger partial charge in [0.05, 0.1) is 23.6 Å². The molecule has 29 heavy (non-hydrogen) atoms. The van der Waals surface area contributed by atoms with Crippen molar-refractivity contribution in [1.29, 1.82) is 0 Å². The summed E-state index contributed by atoms with van der Waals surface area (Å²) in [6.45, 7) is 1.79. The number of pyridine rings is 1. The topological polar surface area (TPSA) is 103 Å². The summed E-state index contributed by atoms with van der Waals surface area (Å²) in [5.74, 6) is 0.345. The second-order valence-corrected chi connectivity index (χ2v) is 7.15. The molecule has 0 saturated carbocycles. The zero-order valence-corrected chi connectivity index (χ0v) is 15.6. The molecule has 1 unspecified atom stereocenters. The molecule has 148 valence electrons. The van der Waals surface area contributed by atoms with Crippen LogP contribution in [0.15, 0.2) is 37.1 Å². The Hall–Kier alpha value is -3.33. The van der Waals surface area contributed by atoms with Gasteiger partial charge in [-0.15, -0.1) is 0 Å². The molecule has 3 aromatic heterocycles. The molecule has 1 fully saturated rings. The average molecular weight is 393 g/mol. The molecule has 1 aromatic carbocycles. The van der Waals surface area contributed by atoms with Gasteiger partial charge in [0, 0.05) is 31.2 Å². The van der Waals surface area contributed by atoms with E-state index in [4.69, 9.17) is 0 Å². The maximum atomic E-state index is 14.7. The second kappa shape index (κ2) is 7.25. The molecule has 1 atom stereocenters. The van der Waals surface area contributed by atoms with Gasteiger partial charge in [-0.3, -0.25) is 4.98 Å². The lowest BCUT2D eigenvalue weighted by molar-refractivity contribution is 0.198. The molecule has 0 spiro atoms. The highest BCUT2D eigenvalue weighted by Crippen LogP contribution is 2.34. The first kappa shape index (κ1) is 17.7. The summed E-state index contributed by atoms with van der Waals surface area (Å²) in [5, 5.41) is 13.8. The van der Waals surface area contributed by atoms with Crippen molar-refractivity contribution < 1.29 is 9.50 Å². The first-order chi connectivity index (χ1) is 14.2. The third-order valence-electron chi connectivity index (χ3n) is 5.28. The number of aliphatic hydroxyl groups excluding tert-OH is 1. The van der Waals surface area contributed by atoms with Crippen LogP contribution in [0.5, 0.6) is 0 Å². The number of H-pyrrole nitrogens is 1. The van der Waals surface area contributed by atoms with Crippen molar-refractivity contribution >= 4 is 33.6 Å². The number of aliphatic hydroxyl groups is 1. The first-order valence-electron chi connectivity index (χ1n) is 9.58. The van der Waals surface area contributed by atoms with Crippen LogP contribution < -0.4 is 10.2 Å². The number of β-amino-alcohol motifs (C(OH)–C–C–N with tert-alkyl or cyclic N) is 1. The van der Waals surface area contributed by atoms with Crippen LogP contribution in [0.25, 0.3) is 22.1 Å². The number of imidazole rings is 1. The predicted octanol–water partition coefficient (Wildman–Crippen LogP) is 2.27. The molecule has 4 aromatic rings. The molecular weight excluding hydrogens is 373 g/mol. The molecule has 3 N–H and O–H groups in total. The largest absolute Gasteiger partial charge is 0.391 e. The highest BCUT2D eigenvalue weighted by atomic mass is 19.1. The van der Waals surface area contributed by atoms with Gasteiger partial charge in [-0.1, -0.05) is 0 Å². The molecule has 0 amide bonds. The van der Waals surface area contributed by atoms with E-state index in [0.29, 0.717) is 53.8 Å². The van der Waals surface area contributed by atoms with Gasteiger partial charge in [-0.05, 0) is 36.6 Å². The number of aromatic nitrogens is 5. The molecule has 9 heteroatoms. The maximum absolute atomic E-state index is 14.7. The summed E-state index contributed by atoms with van der Waals surface area (Å²) in [6.07, 6.45) is 5.61. The lowest BCUT2D eigenvalue weighted by atomic mass is 10.0. The summed E-state index contributed by atoms with van der Waals surface area (Å²) in [7, 11) is 0. The van der Waals surface area contributed by atoms with Crippen molar-refractivity contribution in [3.63, 3.8) is 0 Å². The van der Waals surface area contributed by atoms with Gasteiger partial charge < -0.3 is 20.3 Å². The van der Waals surface area contributed by atoms with E-state index in [-0.39, 0.29) is 11.9 Å². The van der Waals surface area contributed by atoms with Crippen LogP contribution in [0.2, 0.25) is 0 Å². The minimum absolute atomic E-state index is 0.289. The molecule has 0 aliphatic carbocycles. The van der Waals surface area contributed by atoms with Crippen LogP contribution in [-0.2, 0) is 6.42 Å². The third kappa shape index (κ3) is 3.23. The van der Waals surface area contributed by atoms with E-state index in [2.05, 4.69) is 35.1 Å². The number of fused-ring (bicyclic) bond motifs is 2. The number of halogens is 1. The minimum atomic E-state index is -0.376. The monoisotopic (exact) mass is 393 g/mol. The Morgan fingerprint density at radius 3 is 3.03 bits per heavy atom. The highest BCUT2D eigenvalue weighted by Gasteiger charge is 2.25. The molecule has 0 bridgehead atoms. The smallest absolute Gasteiger partial charge is 0.162 e. The third-order valence-corrected chi connectivity index (χ3v) is 5.28. The minimum Gasteiger partial charge on any atom is -0.391 e. The van der Waals surface area contributed by atoms with E-state index in [1.54, 1.807) is 30.7 Å². The van der Waals surface area contributed by atoms with Gasteiger partial charge >= 0.3 is 0 Å². The number of hydrogen-bond donors (Lipinski definition) is 3. The van der Waals surface area contributed by atoms with Crippen LogP contribution in [0.4, 0.5) is 15.9 Å². The van der Waals surface area contributed by atoms with Crippen molar-refractivity contribution in [1.82, 2.24) is 24.9 Å². The van der Waals surface area contributed by atoms with Crippen LogP contribution in [0.3, 0.4) is 0 Å². The molecule has 8 nitrogen and oxygen atoms in total. The van der Waals surface area contributed by atoms with Gasteiger partial charge in [0.15, 0.2) is 11.5 Å². The number of nitrogens with zero attached hydrogens (tertiary/aromatic N) is 5. The fourth-order valence-electron chi connectivity index (χ4n) is 3.94. The zero-order valence-electron chi connectivity index (χ0n) is 15.6. The fraction of sp³-hybridized carbons (Fsp3) is 0.300. The Morgan fingerprint density at radius 2 is 2.17 bits per heavy atom. The molecular formula is C20H20FN7O. The van der Waals surface area contributed by atoms with Gasteiger partial charge in [-0.2, -0.15) is 0 Å². The Balaban J connectivity index is 1.46. The highest BCUT2D eigenvalue weighted by molar-refractivity contribution is 5.93. The van der Waals surface area contributed by atoms with Crippen LogP contribution in [0.1, 0.15) is 12.0 Å². The standard InChI is InChI=1S/C20H20FN7O/c21-15-8-12(3-6-23-19-17-20(25-10-24-17)27-11-26-19)18(28-7-4-13(29)9-28)16-14(15)2-1-5-22-16/h1-2,5,8,10-11,13,29H,3-4,6-7,9H2,(H2,23,24,25,26,27). The van der Waals surface area contributed by atoms with E-state index in [0.717, 1.165) is 17.8 Å². The summed E-state index contributed by atoms with van der Waals surface area (Å²) in [6, 6.07) is 5.06. The first-order valence-corrected chi connectivity index (χ1v) is 9.58. The number of anilines is 2. The normalized spacial score (nSPS) is 16.8. The quantitative estimate of drug-likeness (QED) is 0.478. The second-order valence-electron chi connectivity index (χ2n) is 7.15. The van der Waals surface area contributed by atoms with E-state index in [1.807, 2.05) is 0 Å². The molecule has 1 saturated heterocycles. The molecule has 1 aliphatic heterocycles. The lowest BCUT2D eigenvalue weighted by Gasteiger charge is -2.23. The number of nitrogens with one attached hydrogen (secondary N) is 2. The van der Waals surface area contributed by atoms with Gasteiger partial charge in [0.25, 0.3) is 0 Å². The molecule has 1 aliphatic rings. The number of aromatic amines is 1. The summed E-state index contributed by atoms with van der Waals surface area (Å²) < 4.78 is 14.7. The molecule has 4 heterocycles. The zero-order chi connectivity index (χ0) is 19.8. The lowest BCUT2D eigenvalue weighted by Crippen LogP contribution is -2.24. The molecule has 0 radical (unpaired) electrons. The summed E-state index contributed by atoms with van der Waals surface area (Å²) in [5.41, 5.74) is 3.71. The number of rotatable bonds is 5. The SMILES string of the molecule is OC1CCN(c2c(CCNc3ncnc4[nH]cnc34)cc(F)c3cccnc23)C1. The van der Waals surface area contributed by atoms with Crippen LogP contribution in [-0.4, -0.2) is 55.8 Å². The van der Waals surface area contributed by atoms with Crippen LogP contribution in [0, 0.1) is 5.82 Å².